The zero-order chi connectivity index (χ0) is 27.5. The SMILES string of the molecule is COc1cc([C@H]2[C@@H]3CN(C(=O)OC(C)(C)C)CC=C3C(C#N)=C(N)C2(C#N)C#N)ccc1OCC(N)=O. The Balaban J connectivity index is 2.18. The number of nitrogens with zero attached hydrogens (tertiary/aromatic N) is 4. The second kappa shape index (κ2) is 10.1. The van der Waals surface area contributed by atoms with Crippen molar-refractivity contribution in [3.05, 3.63) is 46.7 Å². The summed E-state index contributed by atoms with van der Waals surface area (Å²) in [4.78, 5) is 25.5. The van der Waals surface area contributed by atoms with Gasteiger partial charge in [-0.2, -0.15) is 15.8 Å². The van der Waals surface area contributed by atoms with Gasteiger partial charge in [-0.25, -0.2) is 4.79 Å². The summed E-state index contributed by atoms with van der Waals surface area (Å²) in [7, 11) is 1.40. The monoisotopic (exact) mass is 504 g/mol. The number of benzene rings is 1. The highest BCUT2D eigenvalue weighted by Gasteiger charge is 2.55. The normalized spacial score (nSPS) is 20.4. The van der Waals surface area contributed by atoms with Gasteiger partial charge < -0.3 is 30.6 Å². The molecule has 0 bridgehead atoms. The number of allylic oxidation sites excluding steroid dienone is 2. The first kappa shape index (κ1) is 26.9. The lowest BCUT2D eigenvalue weighted by atomic mass is 9.58. The number of nitriles is 3. The Labute approximate surface area is 215 Å². The standard InChI is InChI=1S/C26H28N6O5/c1-25(2,3)37-24(34)32-8-7-16-17(10-27)23(31)26(13-28,14-29)22(18(16)11-32)15-5-6-19(20(9-15)35-4)36-12-21(30)33/h5-7,9,18,22H,8,11-12,31H2,1-4H3,(H2,30,33)/t18-,22+/m1/s1. The third-order valence-electron chi connectivity index (χ3n) is 6.23. The van der Waals surface area contributed by atoms with Gasteiger partial charge in [0.05, 0.1) is 30.5 Å². The number of primary amides is 1. The van der Waals surface area contributed by atoms with E-state index in [1.54, 1.807) is 39.0 Å². The predicted molar refractivity (Wildman–Crippen MR) is 130 cm³/mol. The van der Waals surface area contributed by atoms with Gasteiger partial charge in [-0.15, -0.1) is 0 Å². The van der Waals surface area contributed by atoms with Crippen LogP contribution >= 0.6 is 0 Å². The van der Waals surface area contributed by atoms with Crippen molar-refractivity contribution in [2.24, 2.45) is 22.8 Å². The van der Waals surface area contributed by atoms with Crippen molar-refractivity contribution in [3.63, 3.8) is 0 Å². The molecule has 2 aliphatic rings. The van der Waals surface area contributed by atoms with Crippen LogP contribution in [0.25, 0.3) is 0 Å². The Kier molecular flexibility index (Phi) is 7.36. The number of ether oxygens (including phenoxy) is 3. The molecule has 2 atom stereocenters. The van der Waals surface area contributed by atoms with Gasteiger partial charge in [-0.3, -0.25) is 4.79 Å². The van der Waals surface area contributed by atoms with Gasteiger partial charge in [0.25, 0.3) is 5.91 Å². The van der Waals surface area contributed by atoms with Crippen LogP contribution in [-0.4, -0.2) is 49.3 Å². The van der Waals surface area contributed by atoms with E-state index in [0.717, 1.165) is 0 Å². The maximum Gasteiger partial charge on any atom is 0.410 e. The van der Waals surface area contributed by atoms with E-state index < -0.39 is 34.9 Å². The largest absolute Gasteiger partial charge is 0.493 e. The van der Waals surface area contributed by atoms with E-state index in [0.29, 0.717) is 11.1 Å². The van der Waals surface area contributed by atoms with Crippen molar-refractivity contribution in [1.29, 1.82) is 15.8 Å². The van der Waals surface area contributed by atoms with Gasteiger partial charge in [0.15, 0.2) is 23.5 Å². The van der Waals surface area contributed by atoms with Crippen LogP contribution in [0.1, 0.15) is 32.3 Å². The van der Waals surface area contributed by atoms with Gasteiger partial charge in [0.2, 0.25) is 0 Å². The molecule has 0 spiro atoms. The van der Waals surface area contributed by atoms with Crippen LogP contribution in [0, 0.1) is 45.3 Å². The van der Waals surface area contributed by atoms with Crippen molar-refractivity contribution < 1.29 is 23.8 Å². The van der Waals surface area contributed by atoms with Crippen molar-refractivity contribution in [2.45, 2.75) is 32.3 Å². The smallest absolute Gasteiger partial charge is 0.410 e. The van der Waals surface area contributed by atoms with Crippen LogP contribution in [0.5, 0.6) is 11.5 Å². The fourth-order valence-corrected chi connectivity index (χ4v) is 4.68. The number of carbonyl (C=O) groups excluding carboxylic acids is 2. The molecule has 0 radical (unpaired) electrons. The molecule has 1 aromatic carbocycles. The topological polar surface area (TPSA) is 188 Å². The Hall–Kier alpha value is -4.69. The minimum absolute atomic E-state index is 0.0570. The lowest BCUT2D eigenvalue weighted by Crippen LogP contribution is -2.50. The number of hydrogen-bond acceptors (Lipinski definition) is 9. The Bertz CT molecular complexity index is 1290. The van der Waals surface area contributed by atoms with Crippen molar-refractivity contribution in [3.8, 4) is 29.7 Å². The molecule has 0 saturated carbocycles. The molecule has 0 unspecified atom stereocenters. The van der Waals surface area contributed by atoms with Gasteiger partial charge in [-0.05, 0) is 44.0 Å². The molecule has 1 aromatic rings. The van der Waals surface area contributed by atoms with Crippen LogP contribution in [0.15, 0.2) is 41.1 Å². The fraction of sp³-hybridized carbons (Fsp3) is 0.423. The van der Waals surface area contributed by atoms with Crippen LogP contribution in [0.3, 0.4) is 0 Å². The second-order valence-corrected chi connectivity index (χ2v) is 9.73. The summed E-state index contributed by atoms with van der Waals surface area (Å²) < 4.78 is 16.4. The van der Waals surface area contributed by atoms with Gasteiger partial charge >= 0.3 is 6.09 Å². The molecule has 1 aliphatic carbocycles. The predicted octanol–water partition coefficient (Wildman–Crippen LogP) is 2.22. The molecular formula is C26H28N6O5. The highest BCUT2D eigenvalue weighted by molar-refractivity contribution is 5.75. The number of nitrogens with two attached hydrogens (primary N) is 2. The average Bonchev–Trinajstić information content (AvgIpc) is 2.85. The molecule has 0 fully saturated rings. The molecule has 1 heterocycles. The number of rotatable bonds is 5. The summed E-state index contributed by atoms with van der Waals surface area (Å²) in [5.41, 5.74) is 9.83. The number of methoxy groups -OCH3 is 1. The molecule has 11 heteroatoms. The van der Waals surface area contributed by atoms with Crippen LogP contribution in [0.2, 0.25) is 0 Å². The first-order chi connectivity index (χ1) is 17.4. The van der Waals surface area contributed by atoms with Crippen LogP contribution in [0.4, 0.5) is 4.79 Å². The zero-order valence-corrected chi connectivity index (χ0v) is 21.1. The average molecular weight is 505 g/mol. The number of fused-ring (bicyclic) bond motifs is 1. The molecule has 4 N–H and O–H groups in total. The van der Waals surface area contributed by atoms with E-state index in [9.17, 15) is 25.4 Å². The van der Waals surface area contributed by atoms with Gasteiger partial charge in [-0.1, -0.05) is 12.1 Å². The molecule has 11 nitrogen and oxygen atoms in total. The molecule has 1 aliphatic heterocycles. The lowest BCUT2D eigenvalue weighted by Gasteiger charge is -2.45. The third-order valence-corrected chi connectivity index (χ3v) is 6.23. The second-order valence-electron chi connectivity index (χ2n) is 9.73. The summed E-state index contributed by atoms with van der Waals surface area (Å²) in [5, 5.41) is 30.5. The Morgan fingerprint density at radius 2 is 1.86 bits per heavy atom. The lowest BCUT2D eigenvalue weighted by molar-refractivity contribution is -0.119. The Morgan fingerprint density at radius 1 is 1.19 bits per heavy atom. The first-order valence-electron chi connectivity index (χ1n) is 11.4. The first-order valence-corrected chi connectivity index (χ1v) is 11.4. The molecule has 3 rings (SSSR count). The van der Waals surface area contributed by atoms with Gasteiger partial charge in [0.1, 0.15) is 11.7 Å². The van der Waals surface area contributed by atoms with Crippen molar-refractivity contribution in [2.75, 3.05) is 26.8 Å². The zero-order valence-electron chi connectivity index (χ0n) is 21.1. The van der Waals surface area contributed by atoms with Crippen LogP contribution in [-0.2, 0) is 9.53 Å². The van der Waals surface area contributed by atoms with Crippen molar-refractivity contribution >= 4 is 12.0 Å². The van der Waals surface area contributed by atoms with E-state index in [-0.39, 0.29) is 42.5 Å². The number of hydrogen-bond donors (Lipinski definition) is 2. The molecule has 37 heavy (non-hydrogen) atoms. The highest BCUT2D eigenvalue weighted by atomic mass is 16.6. The summed E-state index contributed by atoms with van der Waals surface area (Å²) in [5.74, 6) is -1.72. The summed E-state index contributed by atoms with van der Waals surface area (Å²) in [6.07, 6.45) is 1.14. The molecule has 0 aromatic heterocycles. The summed E-state index contributed by atoms with van der Waals surface area (Å²) in [6.45, 7) is 5.13. The van der Waals surface area contributed by atoms with Crippen LogP contribution < -0.4 is 20.9 Å². The molecule has 0 saturated heterocycles. The van der Waals surface area contributed by atoms with E-state index in [2.05, 4.69) is 6.07 Å². The summed E-state index contributed by atoms with van der Waals surface area (Å²) >= 11 is 0. The third kappa shape index (κ3) is 5.00. The van der Waals surface area contributed by atoms with Crippen molar-refractivity contribution in [1.82, 2.24) is 4.90 Å². The quantitative estimate of drug-likeness (QED) is 0.605. The minimum atomic E-state index is -1.91. The van der Waals surface area contributed by atoms with E-state index in [4.69, 9.17) is 25.7 Å². The molecule has 192 valence electrons. The molecule has 2 amide bonds. The Morgan fingerprint density at radius 3 is 2.41 bits per heavy atom. The maximum atomic E-state index is 12.9. The number of amides is 2. The summed E-state index contributed by atoms with van der Waals surface area (Å²) in [6, 6.07) is 10.9. The van der Waals surface area contributed by atoms with Gasteiger partial charge in [0, 0.05) is 24.9 Å². The maximum absolute atomic E-state index is 12.9. The minimum Gasteiger partial charge on any atom is -0.493 e. The highest BCUT2D eigenvalue weighted by Crippen LogP contribution is 2.55. The number of carbonyl (C=O) groups is 2. The van der Waals surface area contributed by atoms with E-state index in [1.807, 2.05) is 12.1 Å². The van der Waals surface area contributed by atoms with E-state index >= 15 is 0 Å². The molecular weight excluding hydrogens is 476 g/mol. The van der Waals surface area contributed by atoms with E-state index in [1.165, 1.54) is 18.1 Å². The fourth-order valence-electron chi connectivity index (χ4n) is 4.68.